The maximum absolute atomic E-state index is 12.3. The van der Waals surface area contributed by atoms with Gasteiger partial charge in [0.05, 0.1) is 20.6 Å². The van der Waals surface area contributed by atoms with Crippen molar-refractivity contribution < 1.29 is 18.8 Å². The molecule has 206 valence electrons. The largest absolute Gasteiger partial charge is 0.487 e. The number of esters is 1. The summed E-state index contributed by atoms with van der Waals surface area (Å²) in [5.41, 5.74) is 2.60. The number of para-hydroxylation sites is 1. The molecule has 0 fully saturated rings. The lowest BCUT2D eigenvalue weighted by Crippen LogP contribution is -2.39. The lowest BCUT2D eigenvalue weighted by atomic mass is 10.0. The third kappa shape index (κ3) is 14.3. The molecule has 2 aromatic rings. The van der Waals surface area contributed by atoms with Crippen LogP contribution in [-0.4, -0.2) is 43.8 Å². The van der Waals surface area contributed by atoms with Crippen LogP contribution in [-0.2, 0) is 22.5 Å². The van der Waals surface area contributed by atoms with Gasteiger partial charge in [-0.15, -0.1) is 0 Å². The van der Waals surface area contributed by atoms with Gasteiger partial charge in [-0.3, -0.25) is 4.79 Å². The summed E-state index contributed by atoms with van der Waals surface area (Å²) >= 11 is 0. The normalized spacial score (nSPS) is 12.3. The molecule has 37 heavy (non-hydrogen) atoms. The minimum atomic E-state index is -0.162. The number of rotatable bonds is 20. The Morgan fingerprint density at radius 2 is 1.46 bits per heavy atom. The molecule has 0 aromatic heterocycles. The lowest BCUT2D eigenvalue weighted by molar-refractivity contribution is -0.903. The maximum Gasteiger partial charge on any atom is 0.305 e. The first kappa shape index (κ1) is 30.9. The number of carbonyl (C=O) groups excluding carboxylic acids is 1. The molecular weight excluding hydrogens is 458 g/mol. The second-order valence-corrected chi connectivity index (χ2v) is 11.2. The number of hydrogen-bond donors (Lipinski definition) is 0. The highest BCUT2D eigenvalue weighted by molar-refractivity contribution is 5.69. The van der Waals surface area contributed by atoms with Crippen molar-refractivity contribution in [2.45, 2.75) is 104 Å². The number of hydrogen-bond acceptors (Lipinski definition) is 3. The molecule has 1 atom stereocenters. The van der Waals surface area contributed by atoms with Gasteiger partial charge in [0, 0.05) is 12.0 Å². The molecule has 0 radical (unpaired) electrons. The van der Waals surface area contributed by atoms with Crippen molar-refractivity contribution in [3.05, 3.63) is 65.7 Å². The van der Waals surface area contributed by atoms with Gasteiger partial charge >= 0.3 is 5.97 Å². The average Bonchev–Trinajstić information content (AvgIpc) is 2.88. The average molecular weight is 511 g/mol. The minimum Gasteiger partial charge on any atom is -0.487 e. The molecule has 0 heterocycles. The van der Waals surface area contributed by atoms with Crippen molar-refractivity contribution in [1.29, 1.82) is 0 Å². The molecule has 0 N–H and O–H groups in total. The van der Waals surface area contributed by atoms with Gasteiger partial charge in [0.25, 0.3) is 0 Å². The summed E-state index contributed by atoms with van der Waals surface area (Å²) in [7, 11) is 4.49. The van der Waals surface area contributed by atoms with Crippen molar-refractivity contribution >= 4 is 5.97 Å². The zero-order chi connectivity index (χ0) is 26.8. The predicted molar refractivity (Wildman–Crippen MR) is 155 cm³/mol. The van der Waals surface area contributed by atoms with Gasteiger partial charge in [0.1, 0.15) is 25.0 Å². The van der Waals surface area contributed by atoms with Crippen LogP contribution < -0.4 is 4.74 Å². The molecule has 0 saturated heterocycles. The van der Waals surface area contributed by atoms with Crippen molar-refractivity contribution in [3.8, 4) is 5.75 Å². The summed E-state index contributed by atoms with van der Waals surface area (Å²) in [5.74, 6) is 0.795. The molecular formula is C33H52NO3+. The van der Waals surface area contributed by atoms with E-state index in [0.717, 1.165) is 42.6 Å². The summed E-state index contributed by atoms with van der Waals surface area (Å²) in [6, 6.07) is 18.9. The number of carbonyl (C=O) groups is 1. The van der Waals surface area contributed by atoms with Gasteiger partial charge in [-0.25, -0.2) is 0 Å². The first-order chi connectivity index (χ1) is 17.9. The Hall–Kier alpha value is -2.33. The van der Waals surface area contributed by atoms with Crippen molar-refractivity contribution in [3.63, 3.8) is 0 Å². The summed E-state index contributed by atoms with van der Waals surface area (Å²) in [6.07, 6.45) is 13.8. The molecule has 4 nitrogen and oxygen atoms in total. The van der Waals surface area contributed by atoms with Crippen LogP contribution in [0.1, 0.15) is 95.6 Å². The monoisotopic (exact) mass is 510 g/mol. The van der Waals surface area contributed by atoms with E-state index in [2.05, 4.69) is 63.5 Å². The standard InChI is InChI=1S/C33H52NO3/c1-5-6-7-8-9-10-11-15-22-31-23-16-17-24-32(31)37-29(2)28-36-33(35)25-18-19-26-34(3,4)27-30-20-13-12-14-21-30/h12-14,16-17,20-21,23-24,29H,5-11,15,18-19,22,25-28H2,1-4H3/q+1. The first-order valence-corrected chi connectivity index (χ1v) is 14.7. The van der Waals surface area contributed by atoms with Gasteiger partial charge in [0.2, 0.25) is 0 Å². The fraction of sp³-hybridized carbons (Fsp3) is 0.606. The molecule has 0 bridgehead atoms. The van der Waals surface area contributed by atoms with Crippen LogP contribution in [0.25, 0.3) is 0 Å². The summed E-state index contributed by atoms with van der Waals surface area (Å²) in [5, 5.41) is 0. The molecule has 0 aliphatic heterocycles. The second-order valence-electron chi connectivity index (χ2n) is 11.2. The van der Waals surface area contributed by atoms with Gasteiger partial charge in [0.15, 0.2) is 0 Å². The second kappa shape index (κ2) is 18.0. The topological polar surface area (TPSA) is 35.5 Å². The molecule has 2 aromatic carbocycles. The number of benzene rings is 2. The van der Waals surface area contributed by atoms with Crippen molar-refractivity contribution in [2.75, 3.05) is 27.2 Å². The smallest absolute Gasteiger partial charge is 0.305 e. The van der Waals surface area contributed by atoms with Crippen LogP contribution in [0.4, 0.5) is 0 Å². The molecule has 0 aliphatic rings. The van der Waals surface area contributed by atoms with E-state index in [1.54, 1.807) is 0 Å². The zero-order valence-electron chi connectivity index (χ0n) is 24.1. The van der Waals surface area contributed by atoms with E-state index in [-0.39, 0.29) is 12.1 Å². The summed E-state index contributed by atoms with van der Waals surface area (Å²) < 4.78 is 12.6. The third-order valence-corrected chi connectivity index (χ3v) is 6.93. The summed E-state index contributed by atoms with van der Waals surface area (Å²) in [4.78, 5) is 12.3. The Balaban J connectivity index is 1.60. The molecule has 0 amide bonds. The highest BCUT2D eigenvalue weighted by Crippen LogP contribution is 2.22. The van der Waals surface area contributed by atoms with E-state index >= 15 is 0 Å². The molecule has 0 aliphatic carbocycles. The van der Waals surface area contributed by atoms with Gasteiger partial charge in [-0.1, -0.05) is 100 Å². The zero-order valence-corrected chi connectivity index (χ0v) is 24.1. The Bertz CT molecular complexity index is 865. The molecule has 0 saturated carbocycles. The van der Waals surface area contributed by atoms with E-state index in [4.69, 9.17) is 9.47 Å². The van der Waals surface area contributed by atoms with Crippen LogP contribution in [0.15, 0.2) is 54.6 Å². The number of nitrogens with zero attached hydrogens (tertiary/aromatic N) is 1. The number of ether oxygens (including phenoxy) is 2. The molecule has 0 spiro atoms. The SMILES string of the molecule is CCCCCCCCCCc1ccccc1OC(C)COC(=O)CCCC[N+](C)(C)Cc1ccccc1. The predicted octanol–water partition coefficient (Wildman–Crippen LogP) is 8.13. The van der Waals surface area contributed by atoms with Crippen molar-refractivity contribution in [2.24, 2.45) is 0 Å². The van der Waals surface area contributed by atoms with E-state index < -0.39 is 0 Å². The van der Waals surface area contributed by atoms with E-state index in [1.807, 2.05) is 19.1 Å². The van der Waals surface area contributed by atoms with Crippen LogP contribution in [0.5, 0.6) is 5.75 Å². The third-order valence-electron chi connectivity index (χ3n) is 6.93. The Morgan fingerprint density at radius 1 is 0.811 bits per heavy atom. The van der Waals surface area contributed by atoms with E-state index in [9.17, 15) is 4.79 Å². The fourth-order valence-corrected chi connectivity index (χ4v) is 4.77. The van der Waals surface area contributed by atoms with Crippen LogP contribution in [0, 0.1) is 0 Å². The quantitative estimate of drug-likeness (QED) is 0.102. The first-order valence-electron chi connectivity index (χ1n) is 14.7. The van der Waals surface area contributed by atoms with Crippen molar-refractivity contribution in [1.82, 2.24) is 0 Å². The Morgan fingerprint density at radius 3 is 2.19 bits per heavy atom. The maximum atomic E-state index is 12.3. The highest BCUT2D eigenvalue weighted by atomic mass is 16.6. The number of quaternary nitrogens is 1. The molecule has 1 unspecified atom stereocenters. The number of aryl methyl sites for hydroxylation is 1. The van der Waals surface area contributed by atoms with Gasteiger partial charge in [-0.2, -0.15) is 0 Å². The fourth-order valence-electron chi connectivity index (χ4n) is 4.77. The van der Waals surface area contributed by atoms with Crippen LogP contribution in [0.3, 0.4) is 0 Å². The van der Waals surface area contributed by atoms with Crippen LogP contribution in [0.2, 0.25) is 0 Å². The van der Waals surface area contributed by atoms with Gasteiger partial charge < -0.3 is 14.0 Å². The van der Waals surface area contributed by atoms with E-state index in [1.165, 1.54) is 62.5 Å². The highest BCUT2D eigenvalue weighted by Gasteiger charge is 2.16. The Labute approximate surface area is 227 Å². The Kier molecular flexibility index (Phi) is 15.0. The lowest BCUT2D eigenvalue weighted by Gasteiger charge is -2.30. The van der Waals surface area contributed by atoms with Gasteiger partial charge in [-0.05, 0) is 44.2 Å². The summed E-state index contributed by atoms with van der Waals surface area (Å²) in [6.45, 7) is 6.57. The van der Waals surface area contributed by atoms with Crippen LogP contribution >= 0.6 is 0 Å². The molecule has 2 rings (SSSR count). The minimum absolute atomic E-state index is 0.129. The number of unbranched alkanes of at least 4 members (excludes halogenated alkanes) is 8. The van der Waals surface area contributed by atoms with E-state index in [0.29, 0.717) is 13.0 Å². The molecule has 4 heteroatoms.